The molecular formula is C13H15ClFN3O3. The lowest BCUT2D eigenvalue weighted by molar-refractivity contribution is -0.387. The van der Waals surface area contributed by atoms with Gasteiger partial charge in [0.05, 0.1) is 9.95 Å². The van der Waals surface area contributed by atoms with Crippen LogP contribution in [0.1, 0.15) is 20.8 Å². The van der Waals surface area contributed by atoms with Crippen LogP contribution in [0.15, 0.2) is 24.4 Å². The molecule has 114 valence electrons. The van der Waals surface area contributed by atoms with E-state index in [4.69, 9.17) is 21.7 Å². The molecule has 8 heteroatoms. The molecule has 0 atom stereocenters. The highest BCUT2D eigenvalue weighted by Gasteiger charge is 2.18. The lowest BCUT2D eigenvalue weighted by Gasteiger charge is -2.18. The Hall–Kier alpha value is -2.15. The van der Waals surface area contributed by atoms with Crippen LogP contribution >= 0.6 is 11.6 Å². The van der Waals surface area contributed by atoms with Gasteiger partial charge in [0.1, 0.15) is 0 Å². The van der Waals surface area contributed by atoms with Crippen molar-refractivity contribution in [1.29, 1.82) is 5.41 Å². The number of rotatable bonds is 4. The maximum absolute atomic E-state index is 13.5. The number of hydrogen-bond donors (Lipinski definition) is 2. The van der Waals surface area contributed by atoms with E-state index in [1.807, 2.05) is 20.8 Å². The molecule has 0 bridgehead atoms. The highest BCUT2D eigenvalue weighted by molar-refractivity contribution is 6.32. The third kappa shape index (κ3) is 5.39. The molecule has 6 nitrogen and oxygen atoms in total. The second-order valence-corrected chi connectivity index (χ2v) is 5.59. The number of nitrogens with one attached hydrogen (secondary N) is 2. The van der Waals surface area contributed by atoms with Gasteiger partial charge in [-0.05, 0) is 20.8 Å². The van der Waals surface area contributed by atoms with Crippen LogP contribution < -0.4 is 10.1 Å². The molecule has 0 radical (unpaired) electrons. The Morgan fingerprint density at radius 2 is 2.14 bits per heavy atom. The van der Waals surface area contributed by atoms with Crippen LogP contribution in [0.4, 0.5) is 10.1 Å². The molecule has 1 aromatic rings. The molecule has 0 saturated carbocycles. The first-order chi connectivity index (χ1) is 9.60. The van der Waals surface area contributed by atoms with Crippen LogP contribution in [0.3, 0.4) is 0 Å². The number of nitro benzene ring substituents is 1. The normalized spacial score (nSPS) is 11.5. The van der Waals surface area contributed by atoms with Crippen molar-refractivity contribution in [1.82, 2.24) is 5.32 Å². The van der Waals surface area contributed by atoms with E-state index in [1.165, 1.54) is 12.3 Å². The molecule has 2 N–H and O–H groups in total. The highest BCUT2D eigenvalue weighted by Crippen LogP contribution is 2.31. The minimum Gasteiger partial charge on any atom is -0.438 e. The van der Waals surface area contributed by atoms with Gasteiger partial charge in [-0.15, -0.1) is 0 Å². The minimum atomic E-state index is -1.08. The Balaban J connectivity index is 2.82. The molecule has 0 aromatic heterocycles. The summed E-state index contributed by atoms with van der Waals surface area (Å²) in [5, 5.41) is 21.0. The molecule has 0 aliphatic rings. The lowest BCUT2D eigenvalue weighted by Crippen LogP contribution is -2.31. The molecule has 21 heavy (non-hydrogen) atoms. The number of hydrogen-bond acceptors (Lipinski definition) is 5. The van der Waals surface area contributed by atoms with E-state index in [2.05, 4.69) is 5.32 Å². The smallest absolute Gasteiger partial charge is 0.306 e. The number of ether oxygens (including phenoxy) is 1. The van der Waals surface area contributed by atoms with Crippen LogP contribution in [-0.2, 0) is 0 Å². The van der Waals surface area contributed by atoms with Crippen LogP contribution in [0.25, 0.3) is 0 Å². The Morgan fingerprint density at radius 3 is 2.67 bits per heavy atom. The summed E-state index contributed by atoms with van der Waals surface area (Å²) >= 11 is 5.76. The molecule has 1 aromatic carbocycles. The monoisotopic (exact) mass is 315 g/mol. The van der Waals surface area contributed by atoms with Crippen molar-refractivity contribution in [3.63, 3.8) is 0 Å². The zero-order chi connectivity index (χ0) is 16.2. The summed E-state index contributed by atoms with van der Waals surface area (Å²) in [5.74, 6) is -1.53. The van der Waals surface area contributed by atoms with Gasteiger partial charge in [0.25, 0.3) is 0 Å². The van der Waals surface area contributed by atoms with E-state index < -0.39 is 16.4 Å². The summed E-state index contributed by atoms with van der Waals surface area (Å²) in [7, 11) is 0. The van der Waals surface area contributed by atoms with E-state index in [9.17, 15) is 14.5 Å². The van der Waals surface area contributed by atoms with Crippen molar-refractivity contribution in [2.24, 2.45) is 0 Å². The quantitative estimate of drug-likeness (QED) is 0.384. The largest absolute Gasteiger partial charge is 0.438 e. The van der Waals surface area contributed by atoms with E-state index in [1.54, 1.807) is 0 Å². The maximum Gasteiger partial charge on any atom is 0.306 e. The number of benzene rings is 1. The van der Waals surface area contributed by atoms with Crippen molar-refractivity contribution in [3.05, 3.63) is 45.4 Å². The SMILES string of the molecule is CC(C)(C)N/C=C\C(=N)Oc1cc(F)c([N+](=O)[O-])cc1Cl. The van der Waals surface area contributed by atoms with Crippen molar-refractivity contribution >= 4 is 23.2 Å². The van der Waals surface area contributed by atoms with Gasteiger partial charge >= 0.3 is 5.69 Å². The zero-order valence-corrected chi connectivity index (χ0v) is 12.5. The second-order valence-electron chi connectivity index (χ2n) is 5.19. The van der Waals surface area contributed by atoms with Crippen LogP contribution in [-0.4, -0.2) is 16.4 Å². The molecule has 0 fully saturated rings. The second kappa shape index (κ2) is 6.53. The third-order valence-electron chi connectivity index (χ3n) is 2.17. The van der Waals surface area contributed by atoms with E-state index >= 15 is 0 Å². The van der Waals surface area contributed by atoms with Gasteiger partial charge in [-0.2, -0.15) is 4.39 Å². The molecule has 0 amide bonds. The summed E-state index contributed by atoms with van der Waals surface area (Å²) in [4.78, 5) is 9.66. The number of halogens is 2. The predicted molar refractivity (Wildman–Crippen MR) is 78.4 cm³/mol. The Morgan fingerprint density at radius 1 is 1.52 bits per heavy atom. The highest BCUT2D eigenvalue weighted by atomic mass is 35.5. The fraction of sp³-hybridized carbons (Fsp3) is 0.308. The van der Waals surface area contributed by atoms with Gasteiger partial charge in [0.15, 0.2) is 5.75 Å². The van der Waals surface area contributed by atoms with Crippen LogP contribution in [0.5, 0.6) is 5.75 Å². The average molecular weight is 316 g/mol. The first-order valence-electron chi connectivity index (χ1n) is 5.94. The molecule has 0 aliphatic carbocycles. The zero-order valence-electron chi connectivity index (χ0n) is 11.7. The minimum absolute atomic E-state index is 0.148. The molecule has 1 rings (SSSR count). The van der Waals surface area contributed by atoms with Gasteiger partial charge in [-0.25, -0.2) is 0 Å². The molecule has 0 unspecified atom stereocenters. The molecular weight excluding hydrogens is 301 g/mol. The number of nitro groups is 1. The molecule has 0 saturated heterocycles. The van der Waals surface area contributed by atoms with Crippen molar-refractivity contribution in [2.75, 3.05) is 0 Å². The van der Waals surface area contributed by atoms with Crippen LogP contribution in [0.2, 0.25) is 5.02 Å². The van der Waals surface area contributed by atoms with E-state index in [0.29, 0.717) is 0 Å². The molecule has 0 spiro atoms. The predicted octanol–water partition coefficient (Wildman–Crippen LogP) is 3.65. The first-order valence-corrected chi connectivity index (χ1v) is 6.32. The maximum atomic E-state index is 13.5. The van der Waals surface area contributed by atoms with Gasteiger partial charge in [-0.1, -0.05) is 11.6 Å². The van der Waals surface area contributed by atoms with Gasteiger partial charge in [0, 0.05) is 29.9 Å². The number of nitrogens with zero attached hydrogens (tertiary/aromatic N) is 1. The van der Waals surface area contributed by atoms with Crippen molar-refractivity contribution < 1.29 is 14.1 Å². The summed E-state index contributed by atoms with van der Waals surface area (Å²) in [6.07, 6.45) is 2.83. The molecule has 0 aliphatic heterocycles. The standard InChI is InChI=1S/C13H15ClFN3O3/c1-13(2,3)17-5-4-12(16)21-11-7-9(15)10(18(19)20)6-8(11)14/h4-7,16-17H,1-3H3/b5-4-,16-12?. The van der Waals surface area contributed by atoms with Gasteiger partial charge in [0.2, 0.25) is 11.7 Å². The lowest BCUT2D eigenvalue weighted by atomic mass is 10.1. The van der Waals surface area contributed by atoms with Crippen molar-refractivity contribution in [3.8, 4) is 5.75 Å². The summed E-state index contributed by atoms with van der Waals surface area (Å²) in [5.41, 5.74) is -0.919. The summed E-state index contributed by atoms with van der Waals surface area (Å²) < 4.78 is 18.5. The Labute approximate surface area is 126 Å². The molecule has 0 heterocycles. The van der Waals surface area contributed by atoms with Gasteiger partial charge in [-0.3, -0.25) is 15.5 Å². The Bertz CT molecular complexity index is 597. The summed E-state index contributed by atoms with van der Waals surface area (Å²) in [6, 6.07) is 1.62. The topological polar surface area (TPSA) is 88.2 Å². The average Bonchev–Trinajstić information content (AvgIpc) is 2.31. The fourth-order valence-corrected chi connectivity index (χ4v) is 1.45. The van der Waals surface area contributed by atoms with Crippen molar-refractivity contribution in [2.45, 2.75) is 26.3 Å². The van der Waals surface area contributed by atoms with E-state index in [-0.39, 0.29) is 22.2 Å². The third-order valence-corrected chi connectivity index (χ3v) is 2.46. The fourth-order valence-electron chi connectivity index (χ4n) is 1.26. The first kappa shape index (κ1) is 16.9. The van der Waals surface area contributed by atoms with Gasteiger partial charge < -0.3 is 10.1 Å². The Kier molecular flexibility index (Phi) is 5.26. The summed E-state index contributed by atoms with van der Waals surface area (Å²) in [6.45, 7) is 5.80. The van der Waals surface area contributed by atoms with Crippen LogP contribution in [0, 0.1) is 21.3 Å². The van der Waals surface area contributed by atoms with E-state index in [0.717, 1.165) is 12.1 Å².